The Labute approximate surface area is 76.0 Å². The van der Waals surface area contributed by atoms with E-state index < -0.39 is 5.60 Å². The molecule has 0 bridgehead atoms. The van der Waals surface area contributed by atoms with E-state index in [0.717, 1.165) is 5.56 Å². The Morgan fingerprint density at radius 2 is 2.00 bits per heavy atom. The van der Waals surface area contributed by atoms with Gasteiger partial charge in [-0.1, -0.05) is 30.3 Å². The van der Waals surface area contributed by atoms with Crippen molar-refractivity contribution in [1.82, 2.24) is 0 Å². The second-order valence-corrected chi connectivity index (χ2v) is 3.24. The van der Waals surface area contributed by atoms with E-state index in [2.05, 4.69) is 0 Å². The zero-order chi connectivity index (χ0) is 9.31. The van der Waals surface area contributed by atoms with Crippen LogP contribution in [0.25, 0.3) is 0 Å². The van der Waals surface area contributed by atoms with Crippen LogP contribution < -0.4 is 0 Å². The fourth-order valence-corrected chi connectivity index (χ4v) is 1.47. The van der Waals surface area contributed by atoms with Crippen molar-refractivity contribution in [2.45, 2.75) is 12.0 Å². The standard InChI is InChI=1S/C10H10O3/c11-9-6-10(12,7-13-9)8-4-2-1-3-5-8/h1-5,12H,6-7H2/t10-/m1/s1. The maximum Gasteiger partial charge on any atom is 0.309 e. The highest BCUT2D eigenvalue weighted by Crippen LogP contribution is 2.30. The zero-order valence-corrected chi connectivity index (χ0v) is 7.06. The summed E-state index contributed by atoms with van der Waals surface area (Å²) in [6.45, 7) is 0.0653. The van der Waals surface area contributed by atoms with Gasteiger partial charge in [0.05, 0.1) is 6.42 Å². The van der Waals surface area contributed by atoms with E-state index in [-0.39, 0.29) is 19.0 Å². The number of esters is 1. The highest BCUT2D eigenvalue weighted by atomic mass is 16.6. The average Bonchev–Trinajstić information content (AvgIpc) is 2.49. The predicted octanol–water partition coefficient (Wildman–Crippen LogP) is 0.821. The fourth-order valence-electron chi connectivity index (χ4n) is 1.47. The largest absolute Gasteiger partial charge is 0.462 e. The molecule has 1 heterocycles. The highest BCUT2D eigenvalue weighted by Gasteiger charge is 2.39. The Morgan fingerprint density at radius 3 is 2.54 bits per heavy atom. The van der Waals surface area contributed by atoms with Crippen LogP contribution in [0.2, 0.25) is 0 Å². The molecule has 0 amide bonds. The van der Waals surface area contributed by atoms with Gasteiger partial charge in [-0.25, -0.2) is 0 Å². The van der Waals surface area contributed by atoms with Crippen LogP contribution in [-0.2, 0) is 15.1 Å². The first-order chi connectivity index (χ1) is 6.21. The lowest BCUT2D eigenvalue weighted by Crippen LogP contribution is -2.25. The number of rotatable bonds is 1. The van der Waals surface area contributed by atoms with Crippen LogP contribution in [0.3, 0.4) is 0 Å². The van der Waals surface area contributed by atoms with Gasteiger partial charge in [0.15, 0.2) is 0 Å². The van der Waals surface area contributed by atoms with Crippen LogP contribution in [0.4, 0.5) is 0 Å². The van der Waals surface area contributed by atoms with E-state index in [1.54, 1.807) is 12.1 Å². The molecule has 0 unspecified atom stereocenters. The maximum absolute atomic E-state index is 10.8. The molecule has 1 saturated heterocycles. The molecule has 0 saturated carbocycles. The molecule has 68 valence electrons. The Kier molecular flexibility index (Phi) is 1.81. The summed E-state index contributed by atoms with van der Waals surface area (Å²) in [4.78, 5) is 10.8. The lowest BCUT2D eigenvalue weighted by atomic mass is 9.93. The number of carbonyl (C=O) groups is 1. The SMILES string of the molecule is O=C1C[C@](O)(c2ccccc2)CO1. The lowest BCUT2D eigenvalue weighted by molar-refractivity contribution is -0.137. The summed E-state index contributed by atoms with van der Waals surface area (Å²) in [5, 5.41) is 9.99. The van der Waals surface area contributed by atoms with Crippen molar-refractivity contribution in [2.24, 2.45) is 0 Å². The van der Waals surface area contributed by atoms with E-state index in [1.165, 1.54) is 0 Å². The Balaban J connectivity index is 2.31. The fraction of sp³-hybridized carbons (Fsp3) is 0.300. The van der Waals surface area contributed by atoms with E-state index >= 15 is 0 Å². The second kappa shape index (κ2) is 2.85. The number of hydrogen-bond donors (Lipinski definition) is 1. The highest BCUT2D eigenvalue weighted by molar-refractivity contribution is 5.73. The summed E-state index contributed by atoms with van der Waals surface area (Å²) in [7, 11) is 0. The molecular formula is C10H10O3. The normalized spacial score (nSPS) is 27.3. The van der Waals surface area contributed by atoms with Gasteiger partial charge < -0.3 is 9.84 Å². The van der Waals surface area contributed by atoms with Gasteiger partial charge >= 0.3 is 5.97 Å². The molecule has 2 rings (SSSR count). The van der Waals surface area contributed by atoms with Gasteiger partial charge in [0.1, 0.15) is 12.2 Å². The molecule has 1 aromatic rings. The van der Waals surface area contributed by atoms with Gasteiger partial charge in [-0.15, -0.1) is 0 Å². The number of carbonyl (C=O) groups excluding carboxylic acids is 1. The summed E-state index contributed by atoms with van der Waals surface area (Å²) in [6, 6.07) is 9.11. The van der Waals surface area contributed by atoms with Crippen molar-refractivity contribution < 1.29 is 14.6 Å². The minimum absolute atomic E-state index is 0.0526. The molecule has 1 aliphatic rings. The van der Waals surface area contributed by atoms with E-state index in [9.17, 15) is 9.90 Å². The van der Waals surface area contributed by atoms with Crippen molar-refractivity contribution in [3.8, 4) is 0 Å². The molecule has 1 aromatic carbocycles. The summed E-state index contributed by atoms with van der Waals surface area (Å²) in [5.74, 6) is -0.341. The molecule has 3 heteroatoms. The first-order valence-corrected chi connectivity index (χ1v) is 4.14. The van der Waals surface area contributed by atoms with Crippen LogP contribution >= 0.6 is 0 Å². The lowest BCUT2D eigenvalue weighted by Gasteiger charge is -2.18. The quantitative estimate of drug-likeness (QED) is 0.647. The third-order valence-corrected chi connectivity index (χ3v) is 2.22. The van der Waals surface area contributed by atoms with E-state index in [4.69, 9.17) is 4.74 Å². The number of cyclic esters (lactones) is 1. The average molecular weight is 178 g/mol. The first kappa shape index (κ1) is 8.26. The number of benzene rings is 1. The summed E-state index contributed by atoms with van der Waals surface area (Å²) < 4.78 is 4.73. The Morgan fingerprint density at radius 1 is 1.31 bits per heavy atom. The Hall–Kier alpha value is -1.35. The van der Waals surface area contributed by atoms with Gasteiger partial charge in [0.25, 0.3) is 0 Å². The van der Waals surface area contributed by atoms with Crippen LogP contribution in [0.1, 0.15) is 12.0 Å². The van der Waals surface area contributed by atoms with Gasteiger partial charge in [0.2, 0.25) is 0 Å². The van der Waals surface area contributed by atoms with Crippen LogP contribution in [0.5, 0.6) is 0 Å². The molecular weight excluding hydrogens is 168 g/mol. The zero-order valence-electron chi connectivity index (χ0n) is 7.06. The van der Waals surface area contributed by atoms with Crippen LogP contribution in [-0.4, -0.2) is 17.7 Å². The third kappa shape index (κ3) is 1.42. The molecule has 0 aliphatic carbocycles. The van der Waals surface area contributed by atoms with Crippen molar-refractivity contribution >= 4 is 5.97 Å². The molecule has 3 nitrogen and oxygen atoms in total. The molecule has 0 aromatic heterocycles. The monoisotopic (exact) mass is 178 g/mol. The molecule has 1 N–H and O–H groups in total. The van der Waals surface area contributed by atoms with Gasteiger partial charge in [-0.05, 0) is 5.56 Å². The molecule has 13 heavy (non-hydrogen) atoms. The topological polar surface area (TPSA) is 46.5 Å². The molecule has 0 radical (unpaired) electrons. The summed E-state index contributed by atoms with van der Waals surface area (Å²) in [5.41, 5.74) is -0.376. The second-order valence-electron chi connectivity index (χ2n) is 3.24. The first-order valence-electron chi connectivity index (χ1n) is 4.14. The van der Waals surface area contributed by atoms with Crippen molar-refractivity contribution in [1.29, 1.82) is 0 Å². The van der Waals surface area contributed by atoms with Gasteiger partial charge in [-0.3, -0.25) is 4.79 Å². The minimum atomic E-state index is -1.11. The smallest absolute Gasteiger partial charge is 0.309 e. The van der Waals surface area contributed by atoms with E-state index in [0.29, 0.717) is 0 Å². The summed E-state index contributed by atoms with van der Waals surface area (Å²) >= 11 is 0. The third-order valence-electron chi connectivity index (χ3n) is 2.22. The maximum atomic E-state index is 10.8. The van der Waals surface area contributed by atoms with Gasteiger partial charge in [0, 0.05) is 0 Å². The molecule has 1 aliphatic heterocycles. The number of aliphatic hydroxyl groups is 1. The summed E-state index contributed by atoms with van der Waals surface area (Å²) in [6.07, 6.45) is 0.0526. The molecule has 1 atom stereocenters. The molecule has 0 spiro atoms. The number of hydrogen-bond acceptors (Lipinski definition) is 3. The Bertz CT molecular complexity index is 320. The van der Waals surface area contributed by atoms with Crippen LogP contribution in [0, 0.1) is 0 Å². The number of ether oxygens (including phenoxy) is 1. The van der Waals surface area contributed by atoms with Crippen LogP contribution in [0.15, 0.2) is 30.3 Å². The van der Waals surface area contributed by atoms with Gasteiger partial charge in [-0.2, -0.15) is 0 Å². The minimum Gasteiger partial charge on any atom is -0.462 e. The molecule has 1 fully saturated rings. The van der Waals surface area contributed by atoms with Crippen molar-refractivity contribution in [2.75, 3.05) is 6.61 Å². The van der Waals surface area contributed by atoms with Crippen molar-refractivity contribution in [3.63, 3.8) is 0 Å². The predicted molar refractivity (Wildman–Crippen MR) is 45.9 cm³/mol. The van der Waals surface area contributed by atoms with Crippen molar-refractivity contribution in [3.05, 3.63) is 35.9 Å². The van der Waals surface area contributed by atoms with E-state index in [1.807, 2.05) is 18.2 Å².